The summed E-state index contributed by atoms with van der Waals surface area (Å²) in [6.07, 6.45) is 2.14. The van der Waals surface area contributed by atoms with Crippen LogP contribution in [0.15, 0.2) is 42.1 Å². The van der Waals surface area contributed by atoms with Crippen LogP contribution in [-0.4, -0.2) is 19.1 Å². The summed E-state index contributed by atoms with van der Waals surface area (Å²) in [5.41, 5.74) is 3.41. The van der Waals surface area contributed by atoms with Crippen molar-refractivity contribution >= 4 is 14.0 Å². The Morgan fingerprint density at radius 1 is 1.22 bits per heavy atom. The summed E-state index contributed by atoms with van der Waals surface area (Å²) in [5.74, 6) is -0.568. The van der Waals surface area contributed by atoms with Crippen molar-refractivity contribution in [3.05, 3.63) is 47.7 Å². The molecule has 0 aliphatic heterocycles. The van der Waals surface area contributed by atoms with Gasteiger partial charge in [0, 0.05) is 5.92 Å². The first-order chi connectivity index (χ1) is 8.40. The third-order valence-corrected chi connectivity index (χ3v) is 4.56. The molecular formula is C15H20O2Si. The molecule has 2 nitrogen and oxygen atoms in total. The van der Waals surface area contributed by atoms with Crippen LogP contribution in [0.1, 0.15) is 11.5 Å². The van der Waals surface area contributed by atoms with Crippen LogP contribution in [0.4, 0.5) is 0 Å². The molecule has 0 saturated heterocycles. The number of carbonyl (C=O) groups is 1. The Labute approximate surface area is 109 Å². The number of carboxylic acids is 1. The Morgan fingerprint density at radius 2 is 1.83 bits per heavy atom. The van der Waals surface area contributed by atoms with Crippen molar-refractivity contribution in [1.82, 2.24) is 0 Å². The molecule has 1 aliphatic carbocycles. The summed E-state index contributed by atoms with van der Waals surface area (Å²) >= 11 is 0. The van der Waals surface area contributed by atoms with Gasteiger partial charge in [0.15, 0.2) is 0 Å². The Hall–Kier alpha value is -1.35. The Bertz CT molecular complexity index is 459. The number of aliphatic carboxylic acids is 1. The molecule has 18 heavy (non-hydrogen) atoms. The topological polar surface area (TPSA) is 37.3 Å². The Morgan fingerprint density at radius 3 is 2.33 bits per heavy atom. The summed E-state index contributed by atoms with van der Waals surface area (Å²) in [7, 11) is -1.25. The van der Waals surface area contributed by atoms with Crippen molar-refractivity contribution in [3.63, 3.8) is 0 Å². The van der Waals surface area contributed by atoms with Gasteiger partial charge >= 0.3 is 5.97 Å². The lowest BCUT2D eigenvalue weighted by molar-refractivity contribution is -0.138. The van der Waals surface area contributed by atoms with Gasteiger partial charge in [0.1, 0.15) is 0 Å². The maximum Gasteiger partial charge on any atom is 0.307 e. The van der Waals surface area contributed by atoms with Crippen LogP contribution < -0.4 is 0 Å². The minimum Gasteiger partial charge on any atom is -0.481 e. The molecule has 1 N–H and O–H groups in total. The smallest absolute Gasteiger partial charge is 0.307 e. The largest absolute Gasteiger partial charge is 0.481 e. The average Bonchev–Trinajstić information content (AvgIpc) is 3.01. The lowest BCUT2D eigenvalue weighted by atomic mass is 10.1. The van der Waals surface area contributed by atoms with Crippen LogP contribution in [0.3, 0.4) is 0 Å². The summed E-state index contributed by atoms with van der Waals surface area (Å²) in [4.78, 5) is 11.3. The van der Waals surface area contributed by atoms with E-state index in [4.69, 9.17) is 0 Å². The van der Waals surface area contributed by atoms with E-state index < -0.39 is 14.0 Å². The van der Waals surface area contributed by atoms with Crippen LogP contribution in [-0.2, 0) is 4.79 Å². The fourth-order valence-corrected chi connectivity index (χ4v) is 3.20. The first kappa shape index (κ1) is 13.1. The quantitative estimate of drug-likeness (QED) is 0.841. The molecule has 0 aromatic heterocycles. The van der Waals surface area contributed by atoms with Gasteiger partial charge in [-0.1, -0.05) is 61.7 Å². The molecule has 1 saturated carbocycles. The zero-order valence-electron chi connectivity index (χ0n) is 11.1. The maximum absolute atomic E-state index is 11.3. The SMILES string of the molecule is C[Si](C)(C)/C=C/[C@@H]1[C@@H](C(=O)O)[C@@H]1c1ccccc1. The molecule has 3 atom stereocenters. The van der Waals surface area contributed by atoms with Gasteiger partial charge in [0.25, 0.3) is 0 Å². The minimum atomic E-state index is -1.25. The summed E-state index contributed by atoms with van der Waals surface area (Å²) in [6.45, 7) is 6.79. The molecule has 0 bridgehead atoms. The summed E-state index contributed by atoms with van der Waals surface area (Å²) in [5, 5.41) is 9.26. The zero-order chi connectivity index (χ0) is 13.3. The molecule has 1 aromatic rings. The lowest BCUT2D eigenvalue weighted by Crippen LogP contribution is -2.15. The first-order valence-electron chi connectivity index (χ1n) is 6.37. The van der Waals surface area contributed by atoms with E-state index in [2.05, 4.69) is 31.4 Å². The zero-order valence-corrected chi connectivity index (χ0v) is 12.1. The number of benzene rings is 1. The maximum atomic E-state index is 11.3. The van der Waals surface area contributed by atoms with Gasteiger partial charge in [0.2, 0.25) is 0 Å². The monoisotopic (exact) mass is 260 g/mol. The van der Waals surface area contributed by atoms with Crippen molar-refractivity contribution in [2.75, 3.05) is 0 Å². The first-order valence-corrected chi connectivity index (χ1v) is 9.95. The molecule has 3 heteroatoms. The van der Waals surface area contributed by atoms with E-state index in [0.29, 0.717) is 0 Å². The Kier molecular flexibility index (Phi) is 3.44. The van der Waals surface area contributed by atoms with Gasteiger partial charge < -0.3 is 5.11 Å². The lowest BCUT2D eigenvalue weighted by Gasteiger charge is -2.07. The predicted octanol–water partition coefficient (Wildman–Crippen LogP) is 3.53. The van der Waals surface area contributed by atoms with Crippen LogP contribution >= 0.6 is 0 Å². The number of hydrogen-bond donors (Lipinski definition) is 1. The van der Waals surface area contributed by atoms with Gasteiger partial charge in [-0.3, -0.25) is 4.79 Å². The minimum absolute atomic E-state index is 0.163. The van der Waals surface area contributed by atoms with Crippen molar-refractivity contribution in [2.45, 2.75) is 25.6 Å². The second-order valence-electron chi connectivity index (χ2n) is 6.10. The van der Waals surface area contributed by atoms with Gasteiger partial charge in [-0.25, -0.2) is 0 Å². The summed E-state index contributed by atoms with van der Waals surface area (Å²) < 4.78 is 0. The highest BCUT2D eigenvalue weighted by Crippen LogP contribution is 2.55. The van der Waals surface area contributed by atoms with Crippen LogP contribution in [0, 0.1) is 11.8 Å². The van der Waals surface area contributed by atoms with Crippen LogP contribution in [0.25, 0.3) is 0 Å². The molecule has 0 heterocycles. The average molecular weight is 260 g/mol. The van der Waals surface area contributed by atoms with Crippen LogP contribution in [0.2, 0.25) is 19.6 Å². The van der Waals surface area contributed by atoms with E-state index >= 15 is 0 Å². The van der Waals surface area contributed by atoms with E-state index in [9.17, 15) is 9.90 Å². The highest BCUT2D eigenvalue weighted by Gasteiger charge is 2.54. The molecule has 1 aromatic carbocycles. The highest BCUT2D eigenvalue weighted by atomic mass is 28.3. The van der Waals surface area contributed by atoms with Gasteiger partial charge in [-0.2, -0.15) is 0 Å². The molecule has 0 unspecified atom stereocenters. The van der Waals surface area contributed by atoms with Crippen molar-refractivity contribution in [1.29, 1.82) is 0 Å². The second-order valence-corrected chi connectivity index (χ2v) is 11.2. The number of hydrogen-bond acceptors (Lipinski definition) is 1. The van der Waals surface area contributed by atoms with E-state index in [-0.39, 0.29) is 17.8 Å². The van der Waals surface area contributed by atoms with Crippen molar-refractivity contribution in [3.8, 4) is 0 Å². The number of carboxylic acid groups (broad SMARTS) is 1. The standard InChI is InChI=1S/C15H20O2Si/c1-18(2,3)10-9-12-13(14(12)15(16)17)11-7-5-4-6-8-11/h4-10,12-14H,1-3H3,(H,16,17)/b10-9+/t12-,13+,14+/m0/s1. The fraction of sp³-hybridized carbons (Fsp3) is 0.400. The van der Waals surface area contributed by atoms with E-state index in [1.165, 1.54) is 0 Å². The van der Waals surface area contributed by atoms with Gasteiger partial charge in [0.05, 0.1) is 14.0 Å². The summed E-state index contributed by atoms with van der Waals surface area (Å²) in [6, 6.07) is 9.98. The molecule has 96 valence electrons. The predicted molar refractivity (Wildman–Crippen MR) is 76.3 cm³/mol. The van der Waals surface area contributed by atoms with Gasteiger partial charge in [-0.15, -0.1) is 0 Å². The fourth-order valence-electron chi connectivity index (χ4n) is 2.40. The highest BCUT2D eigenvalue weighted by molar-refractivity contribution is 6.80. The third-order valence-electron chi connectivity index (χ3n) is 3.36. The molecule has 1 fully saturated rings. The normalized spacial score (nSPS) is 27.4. The molecule has 1 aliphatic rings. The molecule has 0 spiro atoms. The van der Waals surface area contributed by atoms with Crippen molar-refractivity contribution < 1.29 is 9.90 Å². The van der Waals surface area contributed by atoms with E-state index in [0.717, 1.165) is 5.56 Å². The van der Waals surface area contributed by atoms with Crippen molar-refractivity contribution in [2.24, 2.45) is 11.8 Å². The number of rotatable bonds is 4. The molecule has 0 radical (unpaired) electrons. The van der Waals surface area contributed by atoms with E-state index in [1.807, 2.05) is 30.3 Å². The second kappa shape index (κ2) is 4.73. The Balaban J connectivity index is 2.16. The molecular weight excluding hydrogens is 240 g/mol. The van der Waals surface area contributed by atoms with E-state index in [1.54, 1.807) is 0 Å². The third kappa shape index (κ3) is 2.90. The van der Waals surface area contributed by atoms with Crippen LogP contribution in [0.5, 0.6) is 0 Å². The molecule has 2 rings (SSSR count). The number of allylic oxidation sites excluding steroid dienone is 1. The molecule has 0 amide bonds. The van der Waals surface area contributed by atoms with Gasteiger partial charge in [-0.05, 0) is 11.5 Å².